The van der Waals surface area contributed by atoms with Crippen molar-refractivity contribution in [3.05, 3.63) is 64.4 Å². The van der Waals surface area contributed by atoms with E-state index in [4.69, 9.17) is 22.1 Å². The topological polar surface area (TPSA) is 64.3 Å². The summed E-state index contributed by atoms with van der Waals surface area (Å²) in [5, 5.41) is 2.44. The summed E-state index contributed by atoms with van der Waals surface area (Å²) in [6.45, 7) is 0.163. The monoisotopic (exact) mass is 338 g/mol. The van der Waals surface area contributed by atoms with Crippen LogP contribution in [0.2, 0.25) is 5.02 Å². The Labute approximate surface area is 137 Å². The largest absolute Gasteiger partial charge is 0.487 e. The number of benzene rings is 2. The predicted octanol–water partition coefficient (Wildman–Crippen LogP) is 3.03. The number of carbonyl (C=O) groups is 1. The Balaban J connectivity index is 2.06. The van der Waals surface area contributed by atoms with Crippen LogP contribution in [-0.4, -0.2) is 11.0 Å². The fourth-order valence-corrected chi connectivity index (χ4v) is 2.06. The SMILES string of the molecule is NC(=S)NC(=O)c1ccc(OCc2cccc(F)c2)c(Cl)c1. The number of rotatable bonds is 4. The molecule has 1 amide bonds. The third-order valence-corrected chi connectivity index (χ3v) is 3.11. The minimum absolute atomic E-state index is 0.118. The fourth-order valence-electron chi connectivity index (χ4n) is 1.73. The minimum atomic E-state index is -0.453. The van der Waals surface area contributed by atoms with Gasteiger partial charge in [-0.05, 0) is 48.1 Å². The van der Waals surface area contributed by atoms with Crippen molar-refractivity contribution in [2.24, 2.45) is 5.73 Å². The number of thiocarbonyl (C=S) groups is 1. The normalized spacial score (nSPS) is 10.1. The quantitative estimate of drug-likeness (QED) is 0.841. The molecule has 0 radical (unpaired) electrons. The number of halogens is 2. The van der Waals surface area contributed by atoms with Crippen LogP contribution in [0.25, 0.3) is 0 Å². The van der Waals surface area contributed by atoms with E-state index in [1.165, 1.54) is 24.3 Å². The van der Waals surface area contributed by atoms with Gasteiger partial charge in [-0.3, -0.25) is 10.1 Å². The molecule has 3 N–H and O–H groups in total. The van der Waals surface area contributed by atoms with Crippen molar-refractivity contribution in [1.82, 2.24) is 5.32 Å². The Morgan fingerprint density at radius 1 is 1.32 bits per heavy atom. The molecule has 0 saturated carbocycles. The van der Waals surface area contributed by atoms with Gasteiger partial charge in [0.2, 0.25) is 0 Å². The lowest BCUT2D eigenvalue weighted by atomic mass is 10.2. The minimum Gasteiger partial charge on any atom is -0.487 e. The average molecular weight is 339 g/mol. The van der Waals surface area contributed by atoms with Crippen LogP contribution in [0, 0.1) is 5.82 Å². The first kappa shape index (κ1) is 16.2. The lowest BCUT2D eigenvalue weighted by Crippen LogP contribution is -2.34. The highest BCUT2D eigenvalue weighted by Crippen LogP contribution is 2.26. The lowest BCUT2D eigenvalue weighted by molar-refractivity contribution is 0.0977. The van der Waals surface area contributed by atoms with Crippen molar-refractivity contribution >= 4 is 34.8 Å². The molecule has 114 valence electrons. The molecule has 0 unspecified atom stereocenters. The van der Waals surface area contributed by atoms with Crippen LogP contribution in [0.1, 0.15) is 15.9 Å². The summed E-state index contributed by atoms with van der Waals surface area (Å²) in [5.74, 6) is -0.402. The summed E-state index contributed by atoms with van der Waals surface area (Å²) in [6, 6.07) is 10.6. The highest BCUT2D eigenvalue weighted by molar-refractivity contribution is 7.80. The molecule has 0 bridgehead atoms. The maximum Gasteiger partial charge on any atom is 0.257 e. The number of nitrogens with one attached hydrogen (secondary N) is 1. The number of hydrogen-bond acceptors (Lipinski definition) is 3. The molecule has 0 fully saturated rings. The molecule has 0 aliphatic rings. The summed E-state index contributed by atoms with van der Waals surface area (Å²) in [4.78, 5) is 11.7. The number of carbonyl (C=O) groups excluding carboxylic acids is 1. The maximum atomic E-state index is 13.1. The summed E-state index contributed by atoms with van der Waals surface area (Å²) in [7, 11) is 0. The molecule has 0 aliphatic carbocycles. The van der Waals surface area contributed by atoms with E-state index in [-0.39, 0.29) is 22.6 Å². The number of ether oxygens (including phenoxy) is 1. The first-order valence-electron chi connectivity index (χ1n) is 6.23. The smallest absolute Gasteiger partial charge is 0.257 e. The molecule has 0 spiro atoms. The average Bonchev–Trinajstić information content (AvgIpc) is 2.45. The second-order valence-electron chi connectivity index (χ2n) is 4.38. The molecule has 7 heteroatoms. The van der Waals surface area contributed by atoms with Gasteiger partial charge in [0.1, 0.15) is 18.2 Å². The van der Waals surface area contributed by atoms with E-state index in [0.717, 1.165) is 0 Å². The standard InChI is InChI=1S/C15H12ClFN2O2S/c16-12-7-10(14(20)19-15(18)22)4-5-13(12)21-8-9-2-1-3-11(17)6-9/h1-7H,8H2,(H3,18,19,20,22). The van der Waals surface area contributed by atoms with Gasteiger partial charge in [-0.2, -0.15) is 0 Å². The first-order chi connectivity index (χ1) is 10.5. The van der Waals surface area contributed by atoms with Crippen LogP contribution in [0.4, 0.5) is 4.39 Å². The van der Waals surface area contributed by atoms with Crippen LogP contribution in [0.15, 0.2) is 42.5 Å². The predicted molar refractivity (Wildman–Crippen MR) is 86.4 cm³/mol. The Bertz CT molecular complexity index is 724. The van der Waals surface area contributed by atoms with E-state index in [0.29, 0.717) is 16.9 Å². The molecule has 0 heterocycles. The summed E-state index contributed by atoms with van der Waals surface area (Å²) in [6.07, 6.45) is 0. The van der Waals surface area contributed by atoms with Gasteiger partial charge in [-0.15, -0.1) is 0 Å². The fraction of sp³-hybridized carbons (Fsp3) is 0.0667. The highest BCUT2D eigenvalue weighted by atomic mass is 35.5. The molecule has 0 aliphatic heterocycles. The summed E-state index contributed by atoms with van der Waals surface area (Å²) < 4.78 is 18.6. The van der Waals surface area contributed by atoms with Crippen molar-refractivity contribution in [2.75, 3.05) is 0 Å². The van der Waals surface area contributed by atoms with Crippen LogP contribution < -0.4 is 15.8 Å². The zero-order valence-electron chi connectivity index (χ0n) is 11.3. The second kappa shape index (κ2) is 7.20. The van der Waals surface area contributed by atoms with Gasteiger partial charge in [-0.25, -0.2) is 4.39 Å². The van der Waals surface area contributed by atoms with Gasteiger partial charge in [0, 0.05) is 5.56 Å². The number of nitrogens with two attached hydrogens (primary N) is 1. The molecule has 2 aromatic rings. The van der Waals surface area contributed by atoms with Crippen molar-refractivity contribution in [1.29, 1.82) is 0 Å². The molecular weight excluding hydrogens is 327 g/mol. The van der Waals surface area contributed by atoms with Crippen LogP contribution in [0.3, 0.4) is 0 Å². The van der Waals surface area contributed by atoms with E-state index in [2.05, 4.69) is 17.5 Å². The molecule has 22 heavy (non-hydrogen) atoms. The lowest BCUT2D eigenvalue weighted by Gasteiger charge is -2.10. The summed E-state index contributed by atoms with van der Waals surface area (Å²) >= 11 is 10.7. The molecule has 2 aromatic carbocycles. The van der Waals surface area contributed by atoms with Gasteiger partial charge in [0.25, 0.3) is 5.91 Å². The Kier molecular flexibility index (Phi) is 5.30. The Morgan fingerprint density at radius 2 is 2.09 bits per heavy atom. The molecular formula is C15H12ClFN2O2S. The first-order valence-corrected chi connectivity index (χ1v) is 7.02. The van der Waals surface area contributed by atoms with Crippen molar-refractivity contribution in [3.63, 3.8) is 0 Å². The Hall–Kier alpha value is -2.18. The van der Waals surface area contributed by atoms with E-state index in [1.54, 1.807) is 18.2 Å². The Morgan fingerprint density at radius 3 is 2.73 bits per heavy atom. The van der Waals surface area contributed by atoms with Crippen molar-refractivity contribution < 1.29 is 13.9 Å². The van der Waals surface area contributed by atoms with Gasteiger partial charge >= 0.3 is 0 Å². The zero-order chi connectivity index (χ0) is 16.1. The molecule has 0 aromatic heterocycles. The molecule has 2 rings (SSSR count). The van der Waals surface area contributed by atoms with E-state index < -0.39 is 5.91 Å². The van der Waals surface area contributed by atoms with Crippen LogP contribution >= 0.6 is 23.8 Å². The third kappa shape index (κ3) is 4.41. The van der Waals surface area contributed by atoms with E-state index in [9.17, 15) is 9.18 Å². The van der Waals surface area contributed by atoms with Gasteiger partial charge < -0.3 is 10.5 Å². The van der Waals surface area contributed by atoms with Gasteiger partial charge in [-0.1, -0.05) is 23.7 Å². The highest BCUT2D eigenvalue weighted by Gasteiger charge is 2.10. The molecule has 0 saturated heterocycles. The van der Waals surface area contributed by atoms with Crippen LogP contribution in [0.5, 0.6) is 5.75 Å². The molecule has 4 nitrogen and oxygen atoms in total. The second-order valence-corrected chi connectivity index (χ2v) is 5.23. The van der Waals surface area contributed by atoms with Gasteiger partial charge in [0.05, 0.1) is 5.02 Å². The van der Waals surface area contributed by atoms with Crippen molar-refractivity contribution in [3.8, 4) is 5.75 Å². The van der Waals surface area contributed by atoms with Crippen molar-refractivity contribution in [2.45, 2.75) is 6.61 Å². The molecule has 0 atom stereocenters. The maximum absolute atomic E-state index is 13.1. The zero-order valence-corrected chi connectivity index (χ0v) is 12.9. The van der Waals surface area contributed by atoms with E-state index >= 15 is 0 Å². The van der Waals surface area contributed by atoms with E-state index in [1.807, 2.05) is 0 Å². The number of hydrogen-bond donors (Lipinski definition) is 2. The third-order valence-electron chi connectivity index (χ3n) is 2.71. The van der Waals surface area contributed by atoms with Gasteiger partial charge in [0.15, 0.2) is 5.11 Å². The summed E-state index contributed by atoms with van der Waals surface area (Å²) in [5.41, 5.74) is 6.21. The van der Waals surface area contributed by atoms with Crippen LogP contribution in [-0.2, 0) is 6.61 Å². The number of amides is 1.